The van der Waals surface area contributed by atoms with Gasteiger partial charge in [0.2, 0.25) is 0 Å². The molecule has 0 bridgehead atoms. The largest absolute Gasteiger partial charge is 0.493 e. The Bertz CT molecular complexity index is 1170. The van der Waals surface area contributed by atoms with E-state index in [-0.39, 0.29) is 5.56 Å². The Morgan fingerprint density at radius 2 is 2.00 bits per heavy atom. The predicted molar refractivity (Wildman–Crippen MR) is 111 cm³/mol. The van der Waals surface area contributed by atoms with E-state index in [2.05, 4.69) is 15.0 Å². The third kappa shape index (κ3) is 4.05. The molecule has 0 atom stereocenters. The van der Waals surface area contributed by atoms with Gasteiger partial charge in [-0.3, -0.25) is 14.3 Å². The molecular weight excluding hydrogens is 368 g/mol. The molecule has 0 saturated heterocycles. The molecule has 0 amide bonds. The molecule has 3 heterocycles. The first-order chi connectivity index (χ1) is 13.9. The summed E-state index contributed by atoms with van der Waals surface area (Å²) in [4.78, 5) is 23.7. The number of ether oxygens (including phenoxy) is 1. The standard InChI is InChI=1S/C22H22N4O3/c1-22(2,28)9-11-29-17-7-5-15(6-8-17)18-13-26(16-4-3-10-23-12-16)20-19(18)21(27)25-14-24-20/h3-8,10,12-14,28H,9,11H2,1-2H3,(H,24,25,27). The fourth-order valence-corrected chi connectivity index (χ4v) is 3.13. The Labute approximate surface area is 167 Å². The molecule has 7 heteroatoms. The zero-order valence-corrected chi connectivity index (χ0v) is 16.3. The molecule has 7 nitrogen and oxygen atoms in total. The maximum atomic E-state index is 12.5. The van der Waals surface area contributed by atoms with Gasteiger partial charge in [0, 0.05) is 24.4 Å². The van der Waals surface area contributed by atoms with Crippen LogP contribution in [0, 0.1) is 0 Å². The monoisotopic (exact) mass is 390 g/mol. The highest BCUT2D eigenvalue weighted by Gasteiger charge is 2.16. The zero-order valence-electron chi connectivity index (χ0n) is 16.3. The number of nitrogens with zero attached hydrogens (tertiary/aromatic N) is 3. The fourth-order valence-electron chi connectivity index (χ4n) is 3.13. The predicted octanol–water partition coefficient (Wildman–Crippen LogP) is 3.32. The van der Waals surface area contributed by atoms with Gasteiger partial charge in [-0.25, -0.2) is 4.98 Å². The average molecular weight is 390 g/mol. The lowest BCUT2D eigenvalue weighted by molar-refractivity contribution is 0.0553. The smallest absolute Gasteiger partial charge is 0.260 e. The van der Waals surface area contributed by atoms with Crippen LogP contribution < -0.4 is 10.3 Å². The first-order valence-corrected chi connectivity index (χ1v) is 9.37. The van der Waals surface area contributed by atoms with Crippen molar-refractivity contribution in [2.24, 2.45) is 0 Å². The van der Waals surface area contributed by atoms with Gasteiger partial charge < -0.3 is 14.8 Å². The van der Waals surface area contributed by atoms with Crippen molar-refractivity contribution in [2.75, 3.05) is 6.61 Å². The number of pyridine rings is 1. The summed E-state index contributed by atoms with van der Waals surface area (Å²) in [6, 6.07) is 11.3. The quantitative estimate of drug-likeness (QED) is 0.527. The van der Waals surface area contributed by atoms with Gasteiger partial charge in [-0.1, -0.05) is 12.1 Å². The number of rotatable bonds is 6. The highest BCUT2D eigenvalue weighted by molar-refractivity contribution is 5.94. The minimum atomic E-state index is -0.762. The summed E-state index contributed by atoms with van der Waals surface area (Å²) in [7, 11) is 0. The zero-order chi connectivity index (χ0) is 20.4. The van der Waals surface area contributed by atoms with Crippen molar-refractivity contribution < 1.29 is 9.84 Å². The number of benzene rings is 1. The third-order valence-corrected chi connectivity index (χ3v) is 4.66. The fraction of sp³-hybridized carbons (Fsp3) is 0.227. The minimum Gasteiger partial charge on any atom is -0.493 e. The van der Waals surface area contributed by atoms with Gasteiger partial charge in [0.05, 0.1) is 35.8 Å². The van der Waals surface area contributed by atoms with E-state index in [1.807, 2.05) is 47.2 Å². The van der Waals surface area contributed by atoms with Crippen LogP contribution in [0.4, 0.5) is 0 Å². The van der Waals surface area contributed by atoms with E-state index in [0.29, 0.717) is 29.8 Å². The first-order valence-electron chi connectivity index (χ1n) is 9.37. The highest BCUT2D eigenvalue weighted by atomic mass is 16.5. The molecule has 2 N–H and O–H groups in total. The molecule has 4 aromatic rings. The van der Waals surface area contributed by atoms with Crippen LogP contribution in [-0.4, -0.2) is 36.8 Å². The molecule has 0 spiro atoms. The second kappa shape index (κ2) is 7.52. The number of aromatic nitrogens is 4. The number of H-pyrrole nitrogens is 1. The van der Waals surface area contributed by atoms with E-state index < -0.39 is 5.60 Å². The van der Waals surface area contributed by atoms with Gasteiger partial charge in [0.25, 0.3) is 5.56 Å². The van der Waals surface area contributed by atoms with Crippen LogP contribution in [0.3, 0.4) is 0 Å². The summed E-state index contributed by atoms with van der Waals surface area (Å²) in [5, 5.41) is 10.3. The van der Waals surface area contributed by atoms with Crippen molar-refractivity contribution in [1.29, 1.82) is 0 Å². The number of aliphatic hydroxyl groups is 1. The second-order valence-electron chi connectivity index (χ2n) is 7.49. The minimum absolute atomic E-state index is 0.196. The lowest BCUT2D eigenvalue weighted by Gasteiger charge is -2.17. The van der Waals surface area contributed by atoms with Crippen molar-refractivity contribution in [3.63, 3.8) is 0 Å². The molecule has 148 valence electrons. The van der Waals surface area contributed by atoms with Crippen molar-refractivity contribution in [3.05, 3.63) is 71.7 Å². The number of aromatic amines is 1. The SMILES string of the molecule is CC(C)(O)CCOc1ccc(-c2cn(-c3cccnc3)c3nc[nH]c(=O)c23)cc1. The average Bonchev–Trinajstić information content (AvgIpc) is 3.09. The summed E-state index contributed by atoms with van der Waals surface area (Å²) in [5.74, 6) is 0.709. The Balaban J connectivity index is 1.70. The molecule has 0 aliphatic heterocycles. The summed E-state index contributed by atoms with van der Waals surface area (Å²) in [5.41, 5.74) is 2.10. The summed E-state index contributed by atoms with van der Waals surface area (Å²) in [6.45, 7) is 3.93. The second-order valence-corrected chi connectivity index (χ2v) is 7.49. The Hall–Kier alpha value is -3.45. The highest BCUT2D eigenvalue weighted by Crippen LogP contribution is 2.30. The Morgan fingerprint density at radius 3 is 2.69 bits per heavy atom. The summed E-state index contributed by atoms with van der Waals surface area (Å²) >= 11 is 0. The van der Waals surface area contributed by atoms with Crippen LogP contribution in [0.15, 0.2) is 66.1 Å². The molecule has 0 aliphatic rings. The van der Waals surface area contributed by atoms with Crippen molar-refractivity contribution >= 4 is 11.0 Å². The third-order valence-electron chi connectivity index (χ3n) is 4.66. The number of hydrogen-bond acceptors (Lipinski definition) is 5. The maximum absolute atomic E-state index is 12.5. The van der Waals surface area contributed by atoms with Crippen molar-refractivity contribution in [2.45, 2.75) is 25.9 Å². The van der Waals surface area contributed by atoms with Crippen LogP contribution >= 0.6 is 0 Å². The molecule has 0 fully saturated rings. The van der Waals surface area contributed by atoms with Crippen molar-refractivity contribution in [1.82, 2.24) is 19.5 Å². The Morgan fingerprint density at radius 1 is 1.21 bits per heavy atom. The van der Waals surface area contributed by atoms with Crippen molar-refractivity contribution in [3.8, 4) is 22.6 Å². The lowest BCUT2D eigenvalue weighted by Crippen LogP contribution is -2.21. The Kier molecular flexibility index (Phi) is 4.90. The van der Waals surface area contributed by atoms with E-state index in [0.717, 1.165) is 16.8 Å². The van der Waals surface area contributed by atoms with Gasteiger partial charge in [-0.15, -0.1) is 0 Å². The van der Waals surface area contributed by atoms with Gasteiger partial charge in [-0.05, 0) is 43.7 Å². The van der Waals surface area contributed by atoms with Crippen LogP contribution in [0.1, 0.15) is 20.3 Å². The number of nitrogens with one attached hydrogen (secondary N) is 1. The van der Waals surface area contributed by atoms with E-state index in [4.69, 9.17) is 4.74 Å². The van der Waals surface area contributed by atoms with Gasteiger partial charge >= 0.3 is 0 Å². The van der Waals surface area contributed by atoms with E-state index >= 15 is 0 Å². The molecule has 0 aliphatic carbocycles. The molecule has 0 radical (unpaired) electrons. The number of hydrogen-bond donors (Lipinski definition) is 2. The molecule has 4 rings (SSSR count). The topological polar surface area (TPSA) is 93.0 Å². The molecule has 0 saturated carbocycles. The van der Waals surface area contributed by atoms with E-state index in [1.165, 1.54) is 6.33 Å². The molecule has 3 aromatic heterocycles. The van der Waals surface area contributed by atoms with Crippen LogP contribution in [0.25, 0.3) is 27.8 Å². The van der Waals surface area contributed by atoms with E-state index in [1.54, 1.807) is 26.2 Å². The summed E-state index contributed by atoms with van der Waals surface area (Å²) in [6.07, 6.45) is 7.27. The molecule has 0 unspecified atom stereocenters. The normalized spacial score (nSPS) is 11.7. The maximum Gasteiger partial charge on any atom is 0.260 e. The molecular formula is C22H22N4O3. The van der Waals surface area contributed by atoms with Gasteiger partial charge in [0.15, 0.2) is 5.65 Å². The van der Waals surface area contributed by atoms with E-state index in [9.17, 15) is 9.90 Å². The van der Waals surface area contributed by atoms with Gasteiger partial charge in [0.1, 0.15) is 5.75 Å². The number of fused-ring (bicyclic) bond motifs is 1. The lowest BCUT2D eigenvalue weighted by atomic mass is 10.1. The van der Waals surface area contributed by atoms with Gasteiger partial charge in [-0.2, -0.15) is 0 Å². The molecule has 1 aromatic carbocycles. The van der Waals surface area contributed by atoms with Crippen LogP contribution in [0.2, 0.25) is 0 Å². The first kappa shape index (κ1) is 18.9. The molecule has 29 heavy (non-hydrogen) atoms. The van der Waals surface area contributed by atoms with Crippen LogP contribution in [0.5, 0.6) is 5.75 Å². The summed E-state index contributed by atoms with van der Waals surface area (Å²) < 4.78 is 7.57. The van der Waals surface area contributed by atoms with Crippen LogP contribution in [-0.2, 0) is 0 Å².